The van der Waals surface area contributed by atoms with Gasteiger partial charge >= 0.3 is 0 Å². The van der Waals surface area contributed by atoms with Gasteiger partial charge in [0.15, 0.2) is 12.6 Å². The van der Waals surface area contributed by atoms with E-state index in [0.29, 0.717) is 19.5 Å². The first-order valence-electron chi connectivity index (χ1n) is 20.1. The number of ether oxygens (including phenoxy) is 6. The van der Waals surface area contributed by atoms with Crippen LogP contribution in [0, 0.1) is 5.92 Å². The highest BCUT2D eigenvalue weighted by atomic mass is 16.7. The quantitative estimate of drug-likeness (QED) is 0.0574. The number of likely N-dealkylation sites (N-methyl/N-ethyl adjacent to an activating group) is 2. The van der Waals surface area contributed by atoms with E-state index in [9.17, 15) is 40.9 Å². The average molecular weight is 844 g/mol. The molecule has 342 valence electrons. The molecule has 4 fully saturated rings. The summed E-state index contributed by atoms with van der Waals surface area (Å²) in [7, 11) is 3.60. The summed E-state index contributed by atoms with van der Waals surface area (Å²) in [5, 5.41) is 85.1. The predicted molar refractivity (Wildman–Crippen MR) is 206 cm³/mol. The smallest absolute Gasteiger partial charge is 0.176 e. The van der Waals surface area contributed by atoms with Crippen molar-refractivity contribution in [3.05, 3.63) is 0 Å². The molecule has 4 rings (SSSR count). The van der Waals surface area contributed by atoms with Gasteiger partial charge in [0.1, 0.15) is 61.0 Å². The summed E-state index contributed by atoms with van der Waals surface area (Å²) in [5.41, 5.74) is 42.5. The highest BCUT2D eigenvalue weighted by molar-refractivity contribution is 5.01. The molecular weight excluding hydrogens is 770 g/mol. The Morgan fingerprint density at radius 2 is 0.966 bits per heavy atom. The highest BCUT2D eigenvalue weighted by Crippen LogP contribution is 2.32. The minimum absolute atomic E-state index is 0.0934. The summed E-state index contributed by atoms with van der Waals surface area (Å²) in [4.78, 5) is 3.73. The molecule has 22 atom stereocenters. The van der Waals surface area contributed by atoms with Crippen molar-refractivity contribution in [2.75, 3.05) is 66.6 Å². The van der Waals surface area contributed by atoms with Gasteiger partial charge in [-0.15, -0.1) is 0 Å². The van der Waals surface area contributed by atoms with E-state index in [1.807, 2.05) is 16.7 Å². The summed E-state index contributed by atoms with van der Waals surface area (Å²) < 4.78 is 35.6. The van der Waals surface area contributed by atoms with E-state index in [1.165, 1.54) is 0 Å². The molecule has 58 heavy (non-hydrogen) atoms. The van der Waals surface area contributed by atoms with Crippen LogP contribution in [0.15, 0.2) is 0 Å². The minimum atomic E-state index is -1.39. The molecule has 4 aliphatic rings. The van der Waals surface area contributed by atoms with Gasteiger partial charge in [-0.25, -0.2) is 0 Å². The van der Waals surface area contributed by atoms with Crippen LogP contribution < -0.4 is 40.1 Å². The van der Waals surface area contributed by atoms with E-state index in [0.717, 1.165) is 0 Å². The number of nitrogens with two attached hydrogens (primary N) is 7. The third kappa shape index (κ3) is 12.4. The lowest BCUT2D eigenvalue weighted by Crippen LogP contribution is -2.68. The molecule has 0 amide bonds. The molecule has 2 saturated heterocycles. The minimum Gasteiger partial charge on any atom is -0.390 e. The average Bonchev–Trinajstić information content (AvgIpc) is 3.17. The van der Waals surface area contributed by atoms with E-state index >= 15 is 0 Å². The Hall–Kier alpha value is -0.920. The fourth-order valence-electron chi connectivity index (χ4n) is 8.12. The second-order valence-electron chi connectivity index (χ2n) is 16.7. The number of nitrogens with zero attached hydrogens (tertiary/aromatic N) is 2. The van der Waals surface area contributed by atoms with E-state index in [1.54, 1.807) is 14.1 Å². The third-order valence-electron chi connectivity index (χ3n) is 11.8. The van der Waals surface area contributed by atoms with E-state index in [-0.39, 0.29) is 51.7 Å². The van der Waals surface area contributed by atoms with Crippen molar-refractivity contribution in [1.29, 1.82) is 0 Å². The van der Waals surface area contributed by atoms with Crippen LogP contribution in [0.3, 0.4) is 0 Å². The normalized spacial score (nSPS) is 45.1. The number of rotatable bonds is 19. The molecule has 23 nitrogen and oxygen atoms in total. The van der Waals surface area contributed by atoms with Crippen molar-refractivity contribution < 1.29 is 69.3 Å². The molecule has 0 aromatic heterocycles. The first kappa shape index (κ1) is 49.7. The van der Waals surface area contributed by atoms with Gasteiger partial charge in [-0.3, -0.25) is 0 Å². The molecule has 0 bridgehead atoms. The first-order chi connectivity index (χ1) is 27.3. The van der Waals surface area contributed by atoms with Crippen LogP contribution in [0.5, 0.6) is 0 Å². The maximum Gasteiger partial charge on any atom is 0.176 e. The van der Waals surface area contributed by atoms with Crippen LogP contribution in [-0.4, -0.2) is 245 Å². The van der Waals surface area contributed by atoms with E-state index in [2.05, 4.69) is 0 Å². The Morgan fingerprint density at radius 3 is 1.38 bits per heavy atom. The van der Waals surface area contributed by atoms with Gasteiger partial charge in [-0.05, 0) is 32.9 Å². The monoisotopic (exact) mass is 844 g/mol. The molecule has 20 unspecified atom stereocenters. The molecular formula is C35H73N9O14. The van der Waals surface area contributed by atoms with Gasteiger partial charge < -0.3 is 119 Å². The van der Waals surface area contributed by atoms with Gasteiger partial charge in [-0.2, -0.15) is 0 Å². The zero-order valence-corrected chi connectivity index (χ0v) is 33.7. The fraction of sp³-hybridized carbons (Fsp3) is 1.00. The van der Waals surface area contributed by atoms with Crippen molar-refractivity contribution in [2.24, 2.45) is 46.1 Å². The Balaban J connectivity index is 1.23. The van der Waals surface area contributed by atoms with Crippen molar-refractivity contribution >= 4 is 0 Å². The molecule has 2 heterocycles. The van der Waals surface area contributed by atoms with Crippen LogP contribution >= 0.6 is 0 Å². The summed E-state index contributed by atoms with van der Waals surface area (Å²) in [6.45, 7) is 2.60. The fourth-order valence-corrected chi connectivity index (χ4v) is 8.12. The summed E-state index contributed by atoms with van der Waals surface area (Å²) in [6, 6.07) is -4.33. The van der Waals surface area contributed by atoms with E-state index < -0.39 is 128 Å². The second-order valence-corrected chi connectivity index (χ2v) is 16.7. The summed E-state index contributed by atoms with van der Waals surface area (Å²) >= 11 is 0. The maximum absolute atomic E-state index is 11.1. The molecule has 2 aliphatic heterocycles. The molecule has 23 heteroatoms. The Morgan fingerprint density at radius 1 is 0.569 bits per heavy atom. The highest BCUT2D eigenvalue weighted by Gasteiger charge is 2.50. The topological polar surface area (TPSA) is 406 Å². The molecule has 0 aromatic carbocycles. The Labute approximate surface area is 339 Å². The first-order valence-corrected chi connectivity index (χ1v) is 20.1. The van der Waals surface area contributed by atoms with Gasteiger partial charge in [0.2, 0.25) is 0 Å². The number of hydrogen-bond acceptors (Lipinski definition) is 23. The maximum atomic E-state index is 11.1. The number of aliphatic hydroxyl groups is 8. The molecule has 2 saturated carbocycles. The van der Waals surface area contributed by atoms with Crippen molar-refractivity contribution in [1.82, 2.24) is 9.80 Å². The lowest BCUT2D eigenvalue weighted by atomic mass is 9.80. The van der Waals surface area contributed by atoms with Crippen molar-refractivity contribution in [3.8, 4) is 0 Å². The Kier molecular flexibility index (Phi) is 19.2. The molecule has 0 radical (unpaired) electrons. The van der Waals surface area contributed by atoms with Crippen LogP contribution in [0.4, 0.5) is 0 Å². The van der Waals surface area contributed by atoms with Crippen LogP contribution in [0.1, 0.15) is 19.8 Å². The van der Waals surface area contributed by atoms with Gasteiger partial charge in [0.05, 0.1) is 49.7 Å². The third-order valence-corrected chi connectivity index (χ3v) is 11.8. The zero-order valence-electron chi connectivity index (χ0n) is 33.7. The molecule has 2 aliphatic carbocycles. The van der Waals surface area contributed by atoms with E-state index in [4.69, 9.17) is 68.6 Å². The largest absolute Gasteiger partial charge is 0.390 e. The van der Waals surface area contributed by atoms with Gasteiger partial charge in [0.25, 0.3) is 0 Å². The summed E-state index contributed by atoms with van der Waals surface area (Å²) in [5.74, 6) is -0.246. The van der Waals surface area contributed by atoms with Crippen LogP contribution in [-0.2, 0) is 28.4 Å². The van der Waals surface area contributed by atoms with Crippen molar-refractivity contribution in [2.45, 2.75) is 148 Å². The number of aliphatic hydroxyl groups excluding tert-OH is 8. The molecule has 0 aromatic rings. The zero-order chi connectivity index (χ0) is 43.2. The van der Waals surface area contributed by atoms with Gasteiger partial charge in [-0.1, -0.05) is 6.92 Å². The van der Waals surface area contributed by atoms with Crippen molar-refractivity contribution in [3.63, 3.8) is 0 Å². The SMILES string of the molecule is CC1CC(N)C(OC2OC(CN)C(O)C(O)C2N)C(OC[C@@H](O)CN(C)CCN(C)C[C@H](O)COC2C(O)C(N)CC(N)C2OC2OC(CN)C(O)C(O)C2N)C1O. The molecule has 0 spiro atoms. The predicted octanol–water partition coefficient (Wildman–Crippen LogP) is -9.27. The number of hydrogen-bond donors (Lipinski definition) is 15. The van der Waals surface area contributed by atoms with Gasteiger partial charge in [0, 0.05) is 57.4 Å². The molecule has 22 N–H and O–H groups in total. The standard InChI is InChI=1S/C35H73N9O14/c1-14-6-18(39)30(57-34-22(41)28(51)26(49)20(8-36)55-34)32(24(14)47)53-12-15(45)10-43(2)4-5-44(3)11-16(46)13-54-33-25(48)17(38)7-19(40)31(33)58-35-23(42)29(52)27(50)21(9-37)56-35/h14-35,45-52H,4-13,36-42H2,1-3H3/t14?,15-,16-,17?,18?,19?,20?,21?,22?,23?,24?,25?,26?,27?,28?,29?,30?,31?,32?,33?,34?,35?/m0/s1. The second kappa shape index (κ2) is 22.4. The lowest BCUT2D eigenvalue weighted by molar-refractivity contribution is -0.293. The Bertz CT molecular complexity index is 1120. The van der Waals surface area contributed by atoms with Crippen LogP contribution in [0.2, 0.25) is 0 Å². The summed E-state index contributed by atoms with van der Waals surface area (Å²) in [6.07, 6.45) is -17.2. The lowest BCUT2D eigenvalue weighted by Gasteiger charge is -2.47. The van der Waals surface area contributed by atoms with Crippen LogP contribution in [0.25, 0.3) is 0 Å².